The van der Waals surface area contributed by atoms with E-state index in [0.717, 1.165) is 42.2 Å². The number of benzene rings is 1. The number of nitrogens with one attached hydrogen (secondary N) is 2. The summed E-state index contributed by atoms with van der Waals surface area (Å²) in [7, 11) is 3.47. The fourth-order valence-electron chi connectivity index (χ4n) is 2.63. The molecule has 0 saturated heterocycles. The molecule has 0 saturated carbocycles. The van der Waals surface area contributed by atoms with Gasteiger partial charge in [-0.2, -0.15) is 0 Å². The van der Waals surface area contributed by atoms with Gasteiger partial charge in [0.15, 0.2) is 5.96 Å². The Balaban J connectivity index is 0.00000392. The maximum atomic E-state index is 5.70. The van der Waals surface area contributed by atoms with E-state index in [4.69, 9.17) is 9.47 Å². The number of nitrogens with zero attached hydrogens (tertiary/aromatic N) is 2. The first-order valence-electron chi connectivity index (χ1n) is 9.32. The molecular weight excluding hydrogens is 467 g/mol. The van der Waals surface area contributed by atoms with E-state index in [1.165, 1.54) is 5.56 Å². The molecule has 1 aromatic carbocycles. The number of ether oxygens (including phenoxy) is 2. The minimum absolute atomic E-state index is 0. The van der Waals surface area contributed by atoms with E-state index in [0.29, 0.717) is 19.0 Å². The van der Waals surface area contributed by atoms with Gasteiger partial charge in [-0.3, -0.25) is 4.99 Å². The maximum Gasteiger partial charge on any atom is 0.218 e. The topological polar surface area (TPSA) is 67.8 Å². The van der Waals surface area contributed by atoms with Crippen molar-refractivity contribution in [1.29, 1.82) is 0 Å². The fraction of sp³-hybridized carbons (Fsp3) is 0.429. The zero-order valence-corrected chi connectivity index (χ0v) is 19.4. The zero-order chi connectivity index (χ0) is 19.5. The standard InChI is InChI=1S/C21H30N4O2.HI/c1-5-13-27-20-18(7-6-11-23-20)15-25-21(22-3)24-12-10-17-9-8-16(2)19(14-17)26-4;/h6-9,11,14H,5,10,12-13,15H2,1-4H3,(H2,22,24,25);1H. The van der Waals surface area contributed by atoms with E-state index in [1.54, 1.807) is 20.4 Å². The molecule has 0 radical (unpaired) electrons. The summed E-state index contributed by atoms with van der Waals surface area (Å²) in [6, 6.07) is 10.2. The number of methoxy groups -OCH3 is 1. The molecule has 2 rings (SSSR count). The van der Waals surface area contributed by atoms with Crippen molar-refractivity contribution in [2.75, 3.05) is 27.3 Å². The average molecular weight is 498 g/mol. The first kappa shape index (κ1) is 24.0. The van der Waals surface area contributed by atoms with Crippen molar-refractivity contribution in [3.8, 4) is 11.6 Å². The molecule has 154 valence electrons. The molecule has 1 heterocycles. The molecule has 1 aromatic heterocycles. The molecule has 0 aliphatic rings. The van der Waals surface area contributed by atoms with Gasteiger partial charge in [-0.25, -0.2) is 4.98 Å². The third-order valence-corrected chi connectivity index (χ3v) is 4.14. The van der Waals surface area contributed by atoms with Crippen LogP contribution in [0.1, 0.15) is 30.0 Å². The quantitative estimate of drug-likeness (QED) is 0.314. The average Bonchev–Trinajstić information content (AvgIpc) is 2.70. The first-order chi connectivity index (χ1) is 13.2. The van der Waals surface area contributed by atoms with E-state index in [2.05, 4.69) is 45.7 Å². The van der Waals surface area contributed by atoms with Gasteiger partial charge in [0.2, 0.25) is 5.88 Å². The number of halogens is 1. The van der Waals surface area contributed by atoms with Crippen molar-refractivity contribution >= 4 is 29.9 Å². The van der Waals surface area contributed by atoms with Crippen LogP contribution in [0.5, 0.6) is 11.6 Å². The lowest BCUT2D eigenvalue weighted by Gasteiger charge is -2.14. The number of aryl methyl sites for hydroxylation is 1. The molecule has 7 heteroatoms. The molecule has 2 aromatic rings. The number of guanidine groups is 1. The van der Waals surface area contributed by atoms with Crippen LogP contribution in [0.2, 0.25) is 0 Å². The second kappa shape index (κ2) is 13.2. The number of aliphatic imine (C=N–C) groups is 1. The van der Waals surface area contributed by atoms with Gasteiger partial charge < -0.3 is 20.1 Å². The maximum absolute atomic E-state index is 5.70. The highest BCUT2D eigenvalue weighted by Gasteiger charge is 2.06. The summed E-state index contributed by atoms with van der Waals surface area (Å²) in [6.07, 6.45) is 3.59. The molecule has 0 atom stereocenters. The lowest BCUT2D eigenvalue weighted by molar-refractivity contribution is 0.301. The Bertz CT molecular complexity index is 753. The summed E-state index contributed by atoms with van der Waals surface area (Å²) in [5.41, 5.74) is 3.38. The van der Waals surface area contributed by atoms with Crippen molar-refractivity contribution in [2.24, 2.45) is 4.99 Å². The molecule has 0 unspecified atom stereocenters. The zero-order valence-electron chi connectivity index (χ0n) is 17.1. The summed E-state index contributed by atoms with van der Waals surface area (Å²) in [6.45, 7) is 6.17. The normalized spacial score (nSPS) is 10.8. The van der Waals surface area contributed by atoms with Crippen LogP contribution in [-0.4, -0.2) is 38.3 Å². The smallest absolute Gasteiger partial charge is 0.218 e. The van der Waals surface area contributed by atoms with E-state index >= 15 is 0 Å². The largest absolute Gasteiger partial charge is 0.496 e. The number of hydrogen-bond donors (Lipinski definition) is 2. The van der Waals surface area contributed by atoms with Crippen LogP contribution < -0.4 is 20.1 Å². The Hall–Kier alpha value is -2.03. The van der Waals surface area contributed by atoms with E-state index in [-0.39, 0.29) is 24.0 Å². The molecule has 2 N–H and O–H groups in total. The highest BCUT2D eigenvalue weighted by atomic mass is 127. The lowest BCUT2D eigenvalue weighted by Crippen LogP contribution is -2.38. The second-order valence-corrected chi connectivity index (χ2v) is 6.22. The molecule has 0 aliphatic carbocycles. The van der Waals surface area contributed by atoms with Crippen molar-refractivity contribution in [3.05, 3.63) is 53.2 Å². The summed E-state index contributed by atoms with van der Waals surface area (Å²) >= 11 is 0. The Morgan fingerprint density at radius 1 is 1.21 bits per heavy atom. The fourth-order valence-corrected chi connectivity index (χ4v) is 2.63. The summed E-state index contributed by atoms with van der Waals surface area (Å²) < 4.78 is 11.1. The van der Waals surface area contributed by atoms with Crippen LogP contribution in [0, 0.1) is 6.92 Å². The molecule has 28 heavy (non-hydrogen) atoms. The highest BCUT2D eigenvalue weighted by molar-refractivity contribution is 14.0. The minimum atomic E-state index is 0. The van der Waals surface area contributed by atoms with E-state index < -0.39 is 0 Å². The van der Waals surface area contributed by atoms with Crippen LogP contribution in [-0.2, 0) is 13.0 Å². The van der Waals surface area contributed by atoms with Gasteiger partial charge in [0.25, 0.3) is 0 Å². The van der Waals surface area contributed by atoms with Gasteiger partial charge in [-0.05, 0) is 43.0 Å². The molecule has 0 spiro atoms. The number of pyridine rings is 1. The van der Waals surface area contributed by atoms with Gasteiger partial charge in [0.05, 0.1) is 13.7 Å². The Morgan fingerprint density at radius 2 is 2.04 bits per heavy atom. The van der Waals surface area contributed by atoms with Crippen LogP contribution in [0.25, 0.3) is 0 Å². The van der Waals surface area contributed by atoms with Crippen LogP contribution in [0.4, 0.5) is 0 Å². The minimum Gasteiger partial charge on any atom is -0.496 e. The summed E-state index contributed by atoms with van der Waals surface area (Å²) in [5.74, 6) is 2.35. The van der Waals surface area contributed by atoms with Gasteiger partial charge in [0, 0.05) is 31.9 Å². The third-order valence-electron chi connectivity index (χ3n) is 4.14. The Labute approximate surface area is 185 Å². The monoisotopic (exact) mass is 498 g/mol. The van der Waals surface area contributed by atoms with Crippen molar-refractivity contribution in [3.63, 3.8) is 0 Å². The molecule has 0 fully saturated rings. The Morgan fingerprint density at radius 3 is 2.75 bits per heavy atom. The van der Waals surface area contributed by atoms with Crippen LogP contribution in [0.15, 0.2) is 41.5 Å². The summed E-state index contributed by atoms with van der Waals surface area (Å²) in [4.78, 5) is 8.59. The summed E-state index contributed by atoms with van der Waals surface area (Å²) in [5, 5.41) is 6.65. The molecule has 0 aliphatic heterocycles. The third kappa shape index (κ3) is 7.53. The second-order valence-electron chi connectivity index (χ2n) is 6.22. The van der Waals surface area contributed by atoms with Gasteiger partial charge >= 0.3 is 0 Å². The number of rotatable bonds is 9. The number of hydrogen-bond acceptors (Lipinski definition) is 4. The highest BCUT2D eigenvalue weighted by Crippen LogP contribution is 2.19. The molecule has 0 amide bonds. The van der Waals surface area contributed by atoms with Gasteiger partial charge in [-0.15, -0.1) is 24.0 Å². The van der Waals surface area contributed by atoms with Gasteiger partial charge in [-0.1, -0.05) is 25.1 Å². The van der Waals surface area contributed by atoms with Crippen molar-refractivity contribution in [2.45, 2.75) is 33.2 Å². The molecular formula is C21H31IN4O2. The van der Waals surface area contributed by atoms with Crippen molar-refractivity contribution < 1.29 is 9.47 Å². The SMILES string of the molecule is CCCOc1ncccc1CNC(=NC)NCCc1ccc(C)c(OC)c1.I. The first-order valence-corrected chi connectivity index (χ1v) is 9.32. The molecule has 6 nitrogen and oxygen atoms in total. The van der Waals surface area contributed by atoms with Crippen LogP contribution in [0.3, 0.4) is 0 Å². The predicted octanol–water partition coefficient (Wildman–Crippen LogP) is 3.71. The number of aromatic nitrogens is 1. The Kier molecular flexibility index (Phi) is 11.3. The predicted molar refractivity (Wildman–Crippen MR) is 125 cm³/mol. The molecule has 0 bridgehead atoms. The van der Waals surface area contributed by atoms with Crippen LogP contribution >= 0.6 is 24.0 Å². The van der Waals surface area contributed by atoms with E-state index in [1.807, 2.05) is 19.1 Å². The van der Waals surface area contributed by atoms with Crippen molar-refractivity contribution in [1.82, 2.24) is 15.6 Å². The van der Waals surface area contributed by atoms with Gasteiger partial charge in [0.1, 0.15) is 5.75 Å². The van der Waals surface area contributed by atoms with E-state index in [9.17, 15) is 0 Å². The lowest BCUT2D eigenvalue weighted by atomic mass is 10.1.